The van der Waals surface area contributed by atoms with Crippen LogP contribution in [0, 0.1) is 5.82 Å². The number of imidazole rings is 1. The second-order valence-electron chi connectivity index (χ2n) is 4.07. The number of hydrogen-bond acceptors (Lipinski definition) is 2. The van der Waals surface area contributed by atoms with Crippen molar-refractivity contribution in [2.75, 3.05) is 5.32 Å². The summed E-state index contributed by atoms with van der Waals surface area (Å²) in [6.45, 7) is 0. The Bertz CT molecular complexity index is 737. The highest BCUT2D eigenvalue weighted by molar-refractivity contribution is 6.03. The SMILES string of the molecule is O=C(Nc1nc2ccc(F)cc2[nH]1)c1ccccc1. The van der Waals surface area contributed by atoms with E-state index < -0.39 is 0 Å². The van der Waals surface area contributed by atoms with E-state index in [1.807, 2.05) is 6.07 Å². The average molecular weight is 255 g/mol. The summed E-state index contributed by atoms with van der Waals surface area (Å²) in [4.78, 5) is 18.9. The molecule has 94 valence electrons. The molecule has 0 saturated carbocycles. The highest BCUT2D eigenvalue weighted by Gasteiger charge is 2.09. The Morgan fingerprint density at radius 2 is 1.95 bits per heavy atom. The standard InChI is InChI=1S/C14H10FN3O/c15-10-6-7-11-12(8-10)17-14(16-11)18-13(19)9-4-2-1-3-5-9/h1-8H,(H2,16,17,18,19). The van der Waals surface area contributed by atoms with Crippen molar-refractivity contribution in [2.45, 2.75) is 0 Å². The van der Waals surface area contributed by atoms with Gasteiger partial charge in [0.25, 0.3) is 5.91 Å². The fraction of sp³-hybridized carbons (Fsp3) is 0. The molecule has 4 nitrogen and oxygen atoms in total. The Kier molecular flexibility index (Phi) is 2.72. The van der Waals surface area contributed by atoms with E-state index in [-0.39, 0.29) is 11.7 Å². The van der Waals surface area contributed by atoms with Crippen LogP contribution in [0.5, 0.6) is 0 Å². The van der Waals surface area contributed by atoms with Crippen LogP contribution in [-0.4, -0.2) is 15.9 Å². The second kappa shape index (κ2) is 4.53. The zero-order chi connectivity index (χ0) is 13.2. The Hall–Kier alpha value is -2.69. The second-order valence-corrected chi connectivity index (χ2v) is 4.07. The first-order chi connectivity index (χ1) is 9.22. The van der Waals surface area contributed by atoms with Crippen molar-refractivity contribution < 1.29 is 9.18 Å². The van der Waals surface area contributed by atoms with Crippen LogP contribution in [0.1, 0.15) is 10.4 Å². The molecule has 0 aliphatic carbocycles. The van der Waals surface area contributed by atoms with E-state index in [0.717, 1.165) is 0 Å². The summed E-state index contributed by atoms with van der Waals surface area (Å²) in [6.07, 6.45) is 0. The van der Waals surface area contributed by atoms with Gasteiger partial charge in [-0.1, -0.05) is 18.2 Å². The summed E-state index contributed by atoms with van der Waals surface area (Å²) in [7, 11) is 0. The summed E-state index contributed by atoms with van der Waals surface area (Å²) in [5, 5.41) is 2.64. The smallest absolute Gasteiger partial charge is 0.257 e. The number of nitrogens with zero attached hydrogens (tertiary/aromatic N) is 1. The predicted octanol–water partition coefficient (Wildman–Crippen LogP) is 2.95. The van der Waals surface area contributed by atoms with Gasteiger partial charge in [0.1, 0.15) is 5.82 Å². The van der Waals surface area contributed by atoms with E-state index >= 15 is 0 Å². The first-order valence-electron chi connectivity index (χ1n) is 5.74. The molecule has 0 radical (unpaired) electrons. The quantitative estimate of drug-likeness (QED) is 0.739. The third-order valence-electron chi connectivity index (χ3n) is 2.71. The van der Waals surface area contributed by atoms with Gasteiger partial charge in [0.15, 0.2) is 0 Å². The van der Waals surface area contributed by atoms with Gasteiger partial charge in [-0.15, -0.1) is 0 Å². The number of benzene rings is 2. The van der Waals surface area contributed by atoms with Crippen molar-refractivity contribution >= 4 is 22.9 Å². The third kappa shape index (κ3) is 2.30. The predicted molar refractivity (Wildman–Crippen MR) is 70.4 cm³/mol. The summed E-state index contributed by atoms with van der Waals surface area (Å²) in [5.74, 6) is -0.313. The lowest BCUT2D eigenvalue weighted by atomic mass is 10.2. The van der Waals surface area contributed by atoms with Crippen LogP contribution in [-0.2, 0) is 0 Å². The van der Waals surface area contributed by atoms with Gasteiger partial charge in [0.2, 0.25) is 5.95 Å². The molecule has 1 heterocycles. The number of anilines is 1. The molecule has 0 unspecified atom stereocenters. The third-order valence-corrected chi connectivity index (χ3v) is 2.71. The zero-order valence-corrected chi connectivity index (χ0v) is 9.85. The minimum atomic E-state index is -0.350. The Labute approximate surface area is 108 Å². The minimum absolute atomic E-state index is 0.264. The molecule has 0 spiro atoms. The Morgan fingerprint density at radius 1 is 1.16 bits per heavy atom. The number of aromatic nitrogens is 2. The first-order valence-corrected chi connectivity index (χ1v) is 5.74. The maximum Gasteiger partial charge on any atom is 0.257 e. The summed E-state index contributed by atoms with van der Waals surface area (Å²) in [6, 6.07) is 13.0. The van der Waals surface area contributed by atoms with Gasteiger partial charge in [-0.2, -0.15) is 0 Å². The maximum absolute atomic E-state index is 13.0. The average Bonchev–Trinajstić information content (AvgIpc) is 2.81. The van der Waals surface area contributed by atoms with Gasteiger partial charge in [-0.05, 0) is 30.3 Å². The highest BCUT2D eigenvalue weighted by atomic mass is 19.1. The zero-order valence-electron chi connectivity index (χ0n) is 9.85. The largest absolute Gasteiger partial charge is 0.324 e. The van der Waals surface area contributed by atoms with E-state index in [2.05, 4.69) is 15.3 Å². The molecule has 2 N–H and O–H groups in total. The molecule has 3 aromatic rings. The highest BCUT2D eigenvalue weighted by Crippen LogP contribution is 2.15. The van der Waals surface area contributed by atoms with Gasteiger partial charge in [-0.25, -0.2) is 9.37 Å². The lowest BCUT2D eigenvalue weighted by Crippen LogP contribution is -2.12. The number of carbonyl (C=O) groups is 1. The molecule has 2 aromatic carbocycles. The fourth-order valence-corrected chi connectivity index (χ4v) is 1.81. The van der Waals surface area contributed by atoms with Crippen LogP contribution < -0.4 is 5.32 Å². The van der Waals surface area contributed by atoms with Crippen LogP contribution in [0.4, 0.5) is 10.3 Å². The van der Waals surface area contributed by atoms with Crippen LogP contribution >= 0.6 is 0 Å². The fourth-order valence-electron chi connectivity index (χ4n) is 1.81. The molecule has 0 fully saturated rings. The van der Waals surface area contributed by atoms with Crippen molar-refractivity contribution in [3.05, 3.63) is 59.9 Å². The van der Waals surface area contributed by atoms with Crippen molar-refractivity contribution in [3.63, 3.8) is 0 Å². The Morgan fingerprint density at radius 3 is 2.74 bits per heavy atom. The number of fused-ring (bicyclic) bond motifs is 1. The minimum Gasteiger partial charge on any atom is -0.324 e. The lowest BCUT2D eigenvalue weighted by Gasteiger charge is -2.00. The number of aromatic amines is 1. The monoisotopic (exact) mass is 255 g/mol. The van der Waals surface area contributed by atoms with Crippen molar-refractivity contribution in [1.82, 2.24) is 9.97 Å². The number of halogens is 1. The summed E-state index contributed by atoms with van der Waals surface area (Å²) < 4.78 is 13.0. The van der Waals surface area contributed by atoms with E-state index in [4.69, 9.17) is 0 Å². The van der Waals surface area contributed by atoms with Crippen LogP contribution in [0.2, 0.25) is 0 Å². The molecule has 0 atom stereocenters. The van der Waals surface area contributed by atoms with Gasteiger partial charge in [-0.3, -0.25) is 10.1 Å². The number of H-pyrrole nitrogens is 1. The number of carbonyl (C=O) groups excluding carboxylic acids is 1. The molecule has 0 bridgehead atoms. The van der Waals surface area contributed by atoms with Crippen LogP contribution in [0.25, 0.3) is 11.0 Å². The van der Waals surface area contributed by atoms with Crippen molar-refractivity contribution in [1.29, 1.82) is 0 Å². The van der Waals surface area contributed by atoms with Gasteiger partial charge >= 0.3 is 0 Å². The van der Waals surface area contributed by atoms with E-state index in [9.17, 15) is 9.18 Å². The lowest BCUT2D eigenvalue weighted by molar-refractivity contribution is 0.102. The molecule has 3 rings (SSSR count). The van der Waals surface area contributed by atoms with Crippen molar-refractivity contribution in [2.24, 2.45) is 0 Å². The summed E-state index contributed by atoms with van der Waals surface area (Å²) in [5.41, 5.74) is 1.68. The molecule has 0 aliphatic heterocycles. The number of nitrogens with one attached hydrogen (secondary N) is 2. The molecule has 1 aromatic heterocycles. The Balaban J connectivity index is 1.87. The van der Waals surface area contributed by atoms with Gasteiger partial charge in [0, 0.05) is 5.56 Å². The number of hydrogen-bond donors (Lipinski definition) is 2. The number of amides is 1. The van der Waals surface area contributed by atoms with E-state index in [0.29, 0.717) is 22.5 Å². The van der Waals surface area contributed by atoms with E-state index in [1.54, 1.807) is 30.3 Å². The molecular formula is C14H10FN3O. The molecule has 19 heavy (non-hydrogen) atoms. The normalized spacial score (nSPS) is 10.6. The number of rotatable bonds is 2. The van der Waals surface area contributed by atoms with Crippen LogP contribution in [0.15, 0.2) is 48.5 Å². The molecule has 0 saturated heterocycles. The van der Waals surface area contributed by atoms with Gasteiger partial charge < -0.3 is 4.98 Å². The van der Waals surface area contributed by atoms with Gasteiger partial charge in [0.05, 0.1) is 11.0 Å². The molecule has 0 aliphatic rings. The van der Waals surface area contributed by atoms with Crippen LogP contribution in [0.3, 0.4) is 0 Å². The topological polar surface area (TPSA) is 57.8 Å². The first kappa shape index (κ1) is 11.4. The molecule has 5 heteroatoms. The molecular weight excluding hydrogens is 245 g/mol. The maximum atomic E-state index is 13.0. The molecule has 1 amide bonds. The summed E-state index contributed by atoms with van der Waals surface area (Å²) >= 11 is 0. The van der Waals surface area contributed by atoms with E-state index in [1.165, 1.54) is 12.1 Å². The van der Waals surface area contributed by atoms with Crippen molar-refractivity contribution in [3.8, 4) is 0 Å².